The Hall–Kier alpha value is -5.32. The van der Waals surface area contributed by atoms with Gasteiger partial charge in [-0.3, -0.25) is 19.2 Å². The Morgan fingerprint density at radius 3 is 1.28 bits per heavy atom. The third-order valence-corrected chi connectivity index (χ3v) is 7.38. The molecule has 0 aliphatic rings. The van der Waals surface area contributed by atoms with Crippen molar-refractivity contribution in [2.24, 2.45) is 11.7 Å². The van der Waals surface area contributed by atoms with Crippen molar-refractivity contribution in [2.45, 2.75) is 32.1 Å². The van der Waals surface area contributed by atoms with Crippen LogP contribution >= 0.6 is 0 Å². The zero-order chi connectivity index (χ0) is 31.3. The minimum Gasteiger partial charge on any atom is -0.507 e. The molecule has 43 heavy (non-hydrogen) atoms. The molecule has 0 aromatic heterocycles. The molecule has 6 N–H and O–H groups in total. The Bertz CT molecular complexity index is 1540. The smallest absolute Gasteiger partial charge is 0.278 e. The Balaban J connectivity index is 1.46. The molecule has 0 saturated carbocycles. The quantitative estimate of drug-likeness (QED) is 0.104. The summed E-state index contributed by atoms with van der Waals surface area (Å²) in [6.45, 7) is 3.84. The van der Waals surface area contributed by atoms with Gasteiger partial charge in [-0.1, -0.05) is 86.6 Å². The van der Waals surface area contributed by atoms with Crippen molar-refractivity contribution in [2.75, 3.05) is 0 Å². The molecular weight excluding hydrogens is 548 g/mol. The van der Waals surface area contributed by atoms with Gasteiger partial charge in [0, 0.05) is 11.8 Å². The molecule has 2 atom stereocenters. The topological polar surface area (TPSA) is 167 Å². The number of phenols is 2. The Kier molecular flexibility index (Phi) is 9.34. The molecule has 4 aromatic rings. The second-order valence-electron chi connectivity index (χ2n) is 10.1. The normalized spacial score (nSPS) is 12.2. The molecule has 2 unspecified atom stereocenters. The monoisotopic (exact) mass is 580 g/mol. The molecule has 0 fully saturated rings. The third kappa shape index (κ3) is 6.78. The van der Waals surface area contributed by atoms with Crippen molar-refractivity contribution in [1.29, 1.82) is 0 Å². The highest BCUT2D eigenvalue weighted by atomic mass is 16.3. The van der Waals surface area contributed by atoms with Gasteiger partial charge in [-0.05, 0) is 46.5 Å². The van der Waals surface area contributed by atoms with E-state index in [9.17, 15) is 29.4 Å². The zero-order valence-corrected chi connectivity index (χ0v) is 23.7. The van der Waals surface area contributed by atoms with Gasteiger partial charge in [0.1, 0.15) is 17.9 Å². The summed E-state index contributed by atoms with van der Waals surface area (Å²) in [6, 6.07) is 27.8. The molecule has 4 amide bonds. The van der Waals surface area contributed by atoms with Crippen LogP contribution in [-0.2, 0) is 9.59 Å². The van der Waals surface area contributed by atoms with Crippen LogP contribution in [0.25, 0.3) is 0 Å². The van der Waals surface area contributed by atoms with Gasteiger partial charge in [-0.2, -0.15) is 0 Å². The highest BCUT2D eigenvalue weighted by molar-refractivity contribution is 6.13. The Labute approximate surface area is 248 Å². The van der Waals surface area contributed by atoms with Crippen molar-refractivity contribution in [3.05, 3.63) is 130 Å². The number of carbonyl (C=O) groups is 4. The summed E-state index contributed by atoms with van der Waals surface area (Å²) in [6.07, 6.45) is -1.02. The number of phenolic OH excluding ortho intramolecular Hbond substituents is 2. The summed E-state index contributed by atoms with van der Waals surface area (Å²) >= 11 is 0. The second-order valence-corrected chi connectivity index (χ2v) is 10.1. The number of amides is 4. The second kappa shape index (κ2) is 13.1. The molecule has 0 radical (unpaired) electrons. The minimum atomic E-state index is -1.16. The van der Waals surface area contributed by atoms with E-state index < -0.39 is 41.5 Å². The van der Waals surface area contributed by atoms with E-state index in [4.69, 9.17) is 11.7 Å². The van der Waals surface area contributed by atoms with E-state index in [1.165, 1.54) is 24.3 Å². The lowest BCUT2D eigenvalue weighted by Gasteiger charge is -2.20. The number of hydrogen-bond acceptors (Lipinski definition) is 8. The van der Waals surface area contributed by atoms with Gasteiger partial charge in [0.2, 0.25) is 0 Å². The largest absolute Gasteiger partial charge is 0.507 e. The molecule has 220 valence electrons. The van der Waals surface area contributed by atoms with Gasteiger partial charge in [0.25, 0.3) is 23.6 Å². The molecule has 10 nitrogen and oxygen atoms in total. The van der Waals surface area contributed by atoms with Crippen molar-refractivity contribution < 1.29 is 29.4 Å². The molecule has 0 heterocycles. The van der Waals surface area contributed by atoms with Crippen LogP contribution in [0.1, 0.15) is 75.1 Å². The number of aromatic hydroxyl groups is 2. The summed E-state index contributed by atoms with van der Waals surface area (Å²) in [4.78, 5) is 51.7. The predicted octanol–water partition coefficient (Wildman–Crippen LogP) is 4.18. The SMILES string of the molecule is CC(c1ccccc1)c1ccc(O)c(C(=O)N(N)C(=O)CC(=O)N(N)C(=O)c2cc(C(C)c3ccccc3)ccc2O)c1. The van der Waals surface area contributed by atoms with Crippen LogP contribution in [0.2, 0.25) is 0 Å². The highest BCUT2D eigenvalue weighted by Crippen LogP contribution is 2.30. The third-order valence-electron chi connectivity index (χ3n) is 7.38. The van der Waals surface area contributed by atoms with E-state index in [0.29, 0.717) is 11.1 Å². The van der Waals surface area contributed by atoms with Crippen LogP contribution < -0.4 is 11.7 Å². The number of rotatable bonds is 8. The number of nitrogens with zero attached hydrogens (tertiary/aromatic N) is 2. The summed E-state index contributed by atoms with van der Waals surface area (Å²) in [7, 11) is 0. The predicted molar refractivity (Wildman–Crippen MR) is 159 cm³/mol. The number of carbonyl (C=O) groups excluding carboxylic acids is 4. The van der Waals surface area contributed by atoms with Crippen LogP contribution in [0.4, 0.5) is 0 Å². The molecule has 0 aliphatic carbocycles. The summed E-state index contributed by atoms with van der Waals surface area (Å²) in [5.74, 6) is 6.01. The van der Waals surface area contributed by atoms with Gasteiger partial charge >= 0.3 is 0 Å². The number of imide groups is 2. The lowest BCUT2D eigenvalue weighted by atomic mass is 9.91. The average Bonchev–Trinajstić information content (AvgIpc) is 3.03. The molecule has 0 saturated heterocycles. The molecule has 4 aromatic carbocycles. The summed E-state index contributed by atoms with van der Waals surface area (Å²) < 4.78 is 0. The molecule has 4 rings (SSSR count). The fraction of sp³-hybridized carbons (Fsp3) is 0.152. The summed E-state index contributed by atoms with van der Waals surface area (Å²) in [5.41, 5.74) is 2.84. The molecule has 0 aliphatic heterocycles. The van der Waals surface area contributed by atoms with E-state index in [-0.39, 0.29) is 33.0 Å². The van der Waals surface area contributed by atoms with Crippen molar-refractivity contribution in [3.63, 3.8) is 0 Å². The van der Waals surface area contributed by atoms with Gasteiger partial charge in [-0.25, -0.2) is 21.7 Å². The van der Waals surface area contributed by atoms with Crippen LogP contribution in [0, 0.1) is 0 Å². The van der Waals surface area contributed by atoms with Gasteiger partial charge in [0.05, 0.1) is 11.1 Å². The van der Waals surface area contributed by atoms with Crippen molar-refractivity contribution in [1.82, 2.24) is 10.0 Å². The average molecular weight is 581 g/mol. The van der Waals surface area contributed by atoms with E-state index in [2.05, 4.69) is 0 Å². The lowest BCUT2D eigenvalue weighted by molar-refractivity contribution is -0.137. The maximum atomic E-state index is 13.1. The summed E-state index contributed by atoms with van der Waals surface area (Å²) in [5, 5.41) is 21.1. The van der Waals surface area contributed by atoms with Crippen LogP contribution in [0.15, 0.2) is 97.1 Å². The minimum absolute atomic E-state index is 0.140. The molecular formula is C33H32N4O6. The van der Waals surface area contributed by atoms with Gasteiger partial charge in [0.15, 0.2) is 0 Å². The highest BCUT2D eigenvalue weighted by Gasteiger charge is 2.29. The van der Waals surface area contributed by atoms with Crippen LogP contribution in [0.3, 0.4) is 0 Å². The Morgan fingerprint density at radius 1 is 0.581 bits per heavy atom. The Morgan fingerprint density at radius 2 is 0.930 bits per heavy atom. The fourth-order valence-electron chi connectivity index (χ4n) is 4.64. The molecule has 10 heteroatoms. The standard InChI is InChI=1S/C33H32N4O6/c1-20(22-9-5-3-6-10-22)24-13-15-28(38)26(17-24)32(42)36(34)30(40)19-31(41)37(35)33(43)27-18-25(14-16-29(27)39)21(2)23-11-7-4-8-12-23/h3-18,20-21,38-39H,19,34-35H2,1-2H3. The number of benzene rings is 4. The first-order valence-corrected chi connectivity index (χ1v) is 13.5. The van der Waals surface area contributed by atoms with Gasteiger partial charge in [-0.15, -0.1) is 0 Å². The zero-order valence-electron chi connectivity index (χ0n) is 23.7. The van der Waals surface area contributed by atoms with Crippen LogP contribution in [0.5, 0.6) is 11.5 Å². The fourth-order valence-corrected chi connectivity index (χ4v) is 4.64. The van der Waals surface area contributed by atoms with E-state index >= 15 is 0 Å². The number of nitrogens with two attached hydrogens (primary N) is 2. The number of hydrogen-bond donors (Lipinski definition) is 4. The lowest BCUT2D eigenvalue weighted by Crippen LogP contribution is -2.48. The van der Waals surface area contributed by atoms with Crippen LogP contribution in [-0.4, -0.2) is 43.9 Å². The molecule has 0 spiro atoms. The van der Waals surface area contributed by atoms with Crippen molar-refractivity contribution >= 4 is 23.6 Å². The maximum absolute atomic E-state index is 13.1. The first-order chi connectivity index (χ1) is 20.5. The number of hydrazine groups is 2. The first kappa shape index (κ1) is 30.6. The van der Waals surface area contributed by atoms with Crippen molar-refractivity contribution in [3.8, 4) is 11.5 Å². The first-order valence-electron chi connectivity index (χ1n) is 13.5. The van der Waals surface area contributed by atoms with E-state index in [1.807, 2.05) is 74.5 Å². The van der Waals surface area contributed by atoms with E-state index in [1.54, 1.807) is 12.1 Å². The van der Waals surface area contributed by atoms with Gasteiger partial charge < -0.3 is 10.2 Å². The molecule has 0 bridgehead atoms. The maximum Gasteiger partial charge on any atom is 0.278 e. The van der Waals surface area contributed by atoms with E-state index in [0.717, 1.165) is 11.1 Å².